The molecule has 0 aliphatic carbocycles. The number of carbonyl (C=O) groups is 1. The molecule has 1 unspecified atom stereocenters. The average molecular weight is 184 g/mol. The van der Waals surface area contributed by atoms with Gasteiger partial charge in [-0.1, -0.05) is 0 Å². The molecule has 0 saturated carbocycles. The van der Waals surface area contributed by atoms with Crippen molar-refractivity contribution in [3.05, 3.63) is 0 Å². The highest BCUT2D eigenvalue weighted by Crippen LogP contribution is 2.05. The van der Waals surface area contributed by atoms with Crippen molar-refractivity contribution in [2.24, 2.45) is 4.99 Å². The van der Waals surface area contributed by atoms with Crippen LogP contribution in [0.4, 0.5) is 0 Å². The van der Waals surface area contributed by atoms with E-state index in [0.29, 0.717) is 6.54 Å². The molecule has 0 radical (unpaired) electrons. The van der Waals surface area contributed by atoms with Crippen LogP contribution < -0.4 is 0 Å². The van der Waals surface area contributed by atoms with Gasteiger partial charge in [-0.2, -0.15) is 4.99 Å². The topological polar surface area (TPSA) is 51.1 Å². The number of ether oxygens (including phenoxy) is 2. The van der Waals surface area contributed by atoms with Crippen LogP contribution in [-0.4, -0.2) is 56.2 Å². The molecule has 5 nitrogen and oxygen atoms in total. The number of morpholine rings is 1. The third-order valence-electron chi connectivity index (χ3n) is 2.21. The van der Waals surface area contributed by atoms with E-state index in [9.17, 15) is 4.79 Å². The molecule has 1 atom stereocenters. The van der Waals surface area contributed by atoms with Crippen molar-refractivity contribution in [1.82, 2.24) is 4.90 Å². The molecule has 1 fully saturated rings. The third kappa shape index (κ3) is 2.05. The van der Waals surface area contributed by atoms with Gasteiger partial charge in [0.15, 0.2) is 12.5 Å². The van der Waals surface area contributed by atoms with Gasteiger partial charge in [0, 0.05) is 19.6 Å². The summed E-state index contributed by atoms with van der Waals surface area (Å²) in [6, 6.07) is 0. The first-order chi connectivity index (χ1) is 6.36. The zero-order chi connectivity index (χ0) is 9.10. The second kappa shape index (κ2) is 3.85. The first-order valence-electron chi connectivity index (χ1n) is 4.38. The van der Waals surface area contributed by atoms with E-state index in [0.717, 1.165) is 26.3 Å². The SMILES string of the molecule is O=C1N=COC1CN1CCOCC1. The Morgan fingerprint density at radius 2 is 2.31 bits per heavy atom. The van der Waals surface area contributed by atoms with E-state index in [1.807, 2.05) is 0 Å². The molecule has 1 amide bonds. The van der Waals surface area contributed by atoms with E-state index in [-0.39, 0.29) is 5.91 Å². The van der Waals surface area contributed by atoms with Gasteiger partial charge < -0.3 is 9.47 Å². The molecular weight excluding hydrogens is 172 g/mol. The lowest BCUT2D eigenvalue weighted by molar-refractivity contribution is -0.123. The molecule has 0 spiro atoms. The van der Waals surface area contributed by atoms with Crippen LogP contribution in [0.1, 0.15) is 0 Å². The molecule has 5 heteroatoms. The summed E-state index contributed by atoms with van der Waals surface area (Å²) in [5, 5.41) is 0. The number of amides is 1. The molecule has 0 aromatic rings. The Bertz CT molecular complexity index is 223. The minimum absolute atomic E-state index is 0.175. The van der Waals surface area contributed by atoms with Gasteiger partial charge in [0.1, 0.15) is 0 Å². The summed E-state index contributed by atoms with van der Waals surface area (Å²) in [5.74, 6) is -0.175. The first-order valence-corrected chi connectivity index (χ1v) is 4.38. The molecular formula is C8H12N2O3. The van der Waals surface area contributed by atoms with E-state index in [1.54, 1.807) is 0 Å². The fourth-order valence-corrected chi connectivity index (χ4v) is 1.44. The van der Waals surface area contributed by atoms with Gasteiger partial charge in [0.2, 0.25) is 0 Å². The predicted molar refractivity (Wildman–Crippen MR) is 45.6 cm³/mol. The summed E-state index contributed by atoms with van der Waals surface area (Å²) in [6.07, 6.45) is 0.839. The van der Waals surface area contributed by atoms with Crippen LogP contribution in [-0.2, 0) is 14.3 Å². The number of hydrogen-bond acceptors (Lipinski definition) is 4. The quantitative estimate of drug-likeness (QED) is 0.568. The Morgan fingerprint density at radius 3 is 2.92 bits per heavy atom. The highest BCUT2D eigenvalue weighted by Gasteiger charge is 2.26. The number of aliphatic imine (C=N–C) groups is 1. The molecule has 2 aliphatic rings. The Hall–Kier alpha value is -0.940. The van der Waals surface area contributed by atoms with Gasteiger partial charge in [-0.3, -0.25) is 9.69 Å². The van der Waals surface area contributed by atoms with Gasteiger partial charge >= 0.3 is 0 Å². The molecule has 0 aromatic heterocycles. The van der Waals surface area contributed by atoms with E-state index in [1.165, 1.54) is 6.40 Å². The van der Waals surface area contributed by atoms with Gasteiger partial charge in [-0.05, 0) is 0 Å². The lowest BCUT2D eigenvalue weighted by Crippen LogP contribution is -2.42. The minimum atomic E-state index is -0.391. The highest BCUT2D eigenvalue weighted by atomic mass is 16.5. The third-order valence-corrected chi connectivity index (χ3v) is 2.21. The molecule has 0 bridgehead atoms. The summed E-state index contributed by atoms with van der Waals surface area (Å²) in [4.78, 5) is 16.8. The summed E-state index contributed by atoms with van der Waals surface area (Å²) in [5.41, 5.74) is 0. The Balaban J connectivity index is 1.80. The average Bonchev–Trinajstić information content (AvgIpc) is 2.54. The molecule has 72 valence electrons. The molecule has 2 aliphatic heterocycles. The minimum Gasteiger partial charge on any atom is -0.469 e. The van der Waals surface area contributed by atoms with Crippen molar-refractivity contribution in [2.75, 3.05) is 32.8 Å². The Kier molecular flexibility index (Phi) is 2.56. The van der Waals surface area contributed by atoms with Crippen molar-refractivity contribution in [1.29, 1.82) is 0 Å². The van der Waals surface area contributed by atoms with Gasteiger partial charge in [-0.15, -0.1) is 0 Å². The predicted octanol–water partition coefficient (Wildman–Crippen LogP) is -0.728. The van der Waals surface area contributed by atoms with Crippen molar-refractivity contribution in [3.8, 4) is 0 Å². The van der Waals surface area contributed by atoms with E-state index < -0.39 is 6.10 Å². The summed E-state index contributed by atoms with van der Waals surface area (Å²) in [6.45, 7) is 3.84. The highest BCUT2D eigenvalue weighted by molar-refractivity contribution is 5.91. The summed E-state index contributed by atoms with van der Waals surface area (Å²) >= 11 is 0. The van der Waals surface area contributed by atoms with E-state index in [4.69, 9.17) is 9.47 Å². The van der Waals surface area contributed by atoms with Gasteiger partial charge in [-0.25, -0.2) is 0 Å². The van der Waals surface area contributed by atoms with Gasteiger partial charge in [0.05, 0.1) is 13.2 Å². The Morgan fingerprint density at radius 1 is 1.54 bits per heavy atom. The van der Waals surface area contributed by atoms with Crippen molar-refractivity contribution in [3.63, 3.8) is 0 Å². The maximum atomic E-state index is 11.1. The number of rotatable bonds is 2. The molecule has 2 heterocycles. The van der Waals surface area contributed by atoms with Crippen molar-refractivity contribution in [2.45, 2.75) is 6.10 Å². The van der Waals surface area contributed by atoms with Crippen molar-refractivity contribution >= 4 is 12.3 Å². The molecule has 0 N–H and O–H groups in total. The van der Waals surface area contributed by atoms with Crippen LogP contribution in [0.3, 0.4) is 0 Å². The largest absolute Gasteiger partial charge is 0.469 e. The van der Waals surface area contributed by atoms with Crippen LogP contribution >= 0.6 is 0 Å². The second-order valence-corrected chi connectivity index (χ2v) is 3.11. The maximum Gasteiger partial charge on any atom is 0.290 e. The van der Waals surface area contributed by atoms with Crippen LogP contribution in [0.5, 0.6) is 0 Å². The zero-order valence-electron chi connectivity index (χ0n) is 7.31. The molecule has 13 heavy (non-hydrogen) atoms. The van der Waals surface area contributed by atoms with Crippen LogP contribution in [0.15, 0.2) is 4.99 Å². The maximum absolute atomic E-state index is 11.1. The zero-order valence-corrected chi connectivity index (χ0v) is 7.31. The molecule has 2 rings (SSSR count). The van der Waals surface area contributed by atoms with Crippen LogP contribution in [0.25, 0.3) is 0 Å². The first kappa shape index (κ1) is 8.65. The van der Waals surface area contributed by atoms with Crippen LogP contribution in [0, 0.1) is 0 Å². The standard InChI is InChI=1S/C8H12N2O3/c11-8-7(13-6-9-8)5-10-1-3-12-4-2-10/h6-7H,1-5H2. The van der Waals surface area contributed by atoms with Crippen molar-refractivity contribution < 1.29 is 14.3 Å². The summed E-state index contributed by atoms with van der Waals surface area (Å²) < 4.78 is 10.2. The molecule has 0 aromatic carbocycles. The lowest BCUT2D eigenvalue weighted by Gasteiger charge is -2.27. The van der Waals surface area contributed by atoms with Crippen LogP contribution in [0.2, 0.25) is 0 Å². The summed E-state index contributed by atoms with van der Waals surface area (Å²) in [7, 11) is 0. The monoisotopic (exact) mass is 184 g/mol. The van der Waals surface area contributed by atoms with E-state index in [2.05, 4.69) is 9.89 Å². The number of nitrogens with zero attached hydrogens (tertiary/aromatic N) is 2. The number of hydrogen-bond donors (Lipinski definition) is 0. The second-order valence-electron chi connectivity index (χ2n) is 3.11. The van der Waals surface area contributed by atoms with E-state index >= 15 is 0 Å². The number of carbonyl (C=O) groups excluding carboxylic acids is 1. The smallest absolute Gasteiger partial charge is 0.290 e. The van der Waals surface area contributed by atoms with Gasteiger partial charge in [0.25, 0.3) is 5.91 Å². The lowest BCUT2D eigenvalue weighted by atomic mass is 10.3. The fourth-order valence-electron chi connectivity index (χ4n) is 1.44. The molecule has 1 saturated heterocycles. The normalized spacial score (nSPS) is 29.2. The fraction of sp³-hybridized carbons (Fsp3) is 0.750. The Labute approximate surface area is 76.3 Å².